The zero-order valence-corrected chi connectivity index (χ0v) is 21.5. The molecule has 178 valence electrons. The molecule has 0 aliphatic heterocycles. The van der Waals surface area contributed by atoms with Gasteiger partial charge in [0.15, 0.2) is 0 Å². The highest BCUT2D eigenvalue weighted by atomic mass is 31.2. The summed E-state index contributed by atoms with van der Waals surface area (Å²) in [5, 5.41) is 11.2. The number of hydrogen-bond donors (Lipinski definition) is 3. The molecule has 1 unspecified atom stereocenters. The van der Waals surface area contributed by atoms with Crippen LogP contribution < -0.4 is 11.5 Å². The van der Waals surface area contributed by atoms with Gasteiger partial charge in [-0.3, -0.25) is 4.57 Å². The van der Waals surface area contributed by atoms with Crippen molar-refractivity contribution in [3.05, 3.63) is 52.6 Å². The molecule has 0 radical (unpaired) electrons. The first-order valence-corrected chi connectivity index (χ1v) is 12.7. The Labute approximate surface area is 192 Å². The summed E-state index contributed by atoms with van der Waals surface area (Å²) in [6.07, 6.45) is 0. The van der Waals surface area contributed by atoms with Gasteiger partial charge in [0.25, 0.3) is 0 Å². The highest BCUT2D eigenvalue weighted by molar-refractivity contribution is 7.54. The number of benzene rings is 2. The minimum atomic E-state index is -3.68. The van der Waals surface area contributed by atoms with E-state index < -0.39 is 13.3 Å². The van der Waals surface area contributed by atoms with Crippen molar-refractivity contribution in [1.82, 2.24) is 0 Å². The molecule has 7 heteroatoms. The second-order valence-corrected chi connectivity index (χ2v) is 12.2. The highest BCUT2D eigenvalue weighted by Crippen LogP contribution is 2.65. The topological polar surface area (TPSA) is 108 Å². The Bertz CT molecular complexity index is 961. The van der Waals surface area contributed by atoms with Crippen LogP contribution in [0.5, 0.6) is 5.75 Å². The van der Waals surface area contributed by atoms with E-state index in [1.54, 1.807) is 32.0 Å². The van der Waals surface area contributed by atoms with Crippen LogP contribution in [0.15, 0.2) is 30.3 Å². The van der Waals surface area contributed by atoms with Crippen molar-refractivity contribution in [2.75, 3.05) is 24.7 Å². The van der Waals surface area contributed by atoms with Gasteiger partial charge in [-0.15, -0.1) is 0 Å². The molecular formula is C25H39N2O4P. The standard InChI is InChI=1S/C25H39N2O4P/c1-9-30-32(29,31-10-2)23(18-12-11-17(26)15-21(18)27)16-13-19(24(3,4)5)22(28)20(14-16)25(6,7)8/h11-15,23,28H,9-10,26-27H2,1-8H3. The van der Waals surface area contributed by atoms with Crippen molar-refractivity contribution in [2.24, 2.45) is 0 Å². The lowest BCUT2D eigenvalue weighted by atomic mass is 9.78. The van der Waals surface area contributed by atoms with E-state index in [1.165, 1.54) is 0 Å². The van der Waals surface area contributed by atoms with E-state index in [-0.39, 0.29) is 29.8 Å². The summed E-state index contributed by atoms with van der Waals surface area (Å²) in [7, 11) is -3.68. The molecule has 0 spiro atoms. The van der Waals surface area contributed by atoms with E-state index in [2.05, 4.69) is 0 Å². The first-order valence-electron chi connectivity index (χ1n) is 11.1. The van der Waals surface area contributed by atoms with Gasteiger partial charge in [-0.2, -0.15) is 0 Å². The number of nitrogen functional groups attached to an aromatic ring is 2. The maximum Gasteiger partial charge on any atom is 0.342 e. The first-order chi connectivity index (χ1) is 14.7. The zero-order valence-electron chi connectivity index (χ0n) is 20.7. The van der Waals surface area contributed by atoms with E-state index in [0.29, 0.717) is 16.9 Å². The molecule has 1 atom stereocenters. The normalized spacial score (nSPS) is 13.9. The molecule has 0 aliphatic rings. The van der Waals surface area contributed by atoms with Crippen LogP contribution in [0, 0.1) is 0 Å². The molecule has 2 aromatic carbocycles. The lowest BCUT2D eigenvalue weighted by molar-refractivity contribution is 0.215. The lowest BCUT2D eigenvalue weighted by Gasteiger charge is -2.32. The minimum absolute atomic E-state index is 0.221. The minimum Gasteiger partial charge on any atom is -0.507 e. The number of phenolic OH excluding ortho intramolecular Hbond substituents is 1. The Kier molecular flexibility index (Phi) is 7.76. The smallest absolute Gasteiger partial charge is 0.342 e. The number of hydrogen-bond acceptors (Lipinski definition) is 6. The van der Waals surface area contributed by atoms with Crippen molar-refractivity contribution in [1.29, 1.82) is 0 Å². The van der Waals surface area contributed by atoms with Crippen LogP contribution in [-0.2, 0) is 24.4 Å². The lowest BCUT2D eigenvalue weighted by Crippen LogP contribution is -2.19. The van der Waals surface area contributed by atoms with Crippen LogP contribution >= 0.6 is 7.60 Å². The number of rotatable bonds is 7. The van der Waals surface area contributed by atoms with Crippen LogP contribution in [0.3, 0.4) is 0 Å². The van der Waals surface area contributed by atoms with E-state index in [4.69, 9.17) is 20.5 Å². The van der Waals surface area contributed by atoms with Gasteiger partial charge < -0.3 is 25.6 Å². The molecule has 0 aliphatic carbocycles. The summed E-state index contributed by atoms with van der Waals surface area (Å²) in [5.41, 5.74) is 14.6. The molecule has 0 amide bonds. The van der Waals surface area contributed by atoms with Crippen LogP contribution in [-0.4, -0.2) is 18.3 Å². The number of aromatic hydroxyl groups is 1. The Hall–Kier alpha value is -2.01. The SMILES string of the molecule is CCOP(=O)(OCC)C(c1cc(C(C)(C)C)c(O)c(C(C)(C)C)c1)c1ccc(N)cc1N. The van der Waals surface area contributed by atoms with E-state index in [1.807, 2.05) is 53.7 Å². The second-order valence-electron chi connectivity index (χ2n) is 10.1. The number of nitrogens with two attached hydrogens (primary N) is 2. The molecule has 5 N–H and O–H groups in total. The predicted octanol–water partition coefficient (Wildman–Crippen LogP) is 6.51. The first kappa shape index (κ1) is 26.2. The van der Waals surface area contributed by atoms with E-state index in [9.17, 15) is 9.67 Å². The van der Waals surface area contributed by atoms with Gasteiger partial charge in [-0.25, -0.2) is 0 Å². The quantitative estimate of drug-likeness (QED) is 0.320. The van der Waals surface area contributed by atoms with Crippen LogP contribution in [0.1, 0.15) is 83.3 Å². The van der Waals surface area contributed by atoms with Crippen LogP contribution in [0.4, 0.5) is 11.4 Å². The molecule has 0 aromatic heterocycles. The molecule has 0 heterocycles. The highest BCUT2D eigenvalue weighted by Gasteiger charge is 2.41. The average Bonchev–Trinajstić information content (AvgIpc) is 2.63. The fourth-order valence-corrected chi connectivity index (χ4v) is 6.06. The molecule has 0 saturated heterocycles. The summed E-state index contributed by atoms with van der Waals surface area (Å²) in [6.45, 7) is 16.2. The third kappa shape index (κ3) is 5.48. The fourth-order valence-electron chi connectivity index (χ4n) is 3.88. The maximum atomic E-state index is 14.2. The molecule has 0 saturated carbocycles. The van der Waals surface area contributed by atoms with Crippen LogP contribution in [0.2, 0.25) is 0 Å². The summed E-state index contributed by atoms with van der Waals surface area (Å²) < 4.78 is 25.7. The van der Waals surface area contributed by atoms with Crippen molar-refractivity contribution in [3.8, 4) is 5.75 Å². The van der Waals surface area contributed by atoms with Gasteiger partial charge in [0.1, 0.15) is 11.4 Å². The van der Waals surface area contributed by atoms with Gasteiger partial charge >= 0.3 is 7.60 Å². The molecule has 6 nitrogen and oxygen atoms in total. The molecule has 2 aromatic rings. The predicted molar refractivity (Wildman–Crippen MR) is 133 cm³/mol. The monoisotopic (exact) mass is 462 g/mol. The Morgan fingerprint density at radius 2 is 1.38 bits per heavy atom. The van der Waals surface area contributed by atoms with Gasteiger partial charge in [0, 0.05) is 11.4 Å². The molecule has 32 heavy (non-hydrogen) atoms. The molecule has 0 bridgehead atoms. The third-order valence-electron chi connectivity index (χ3n) is 5.40. The summed E-state index contributed by atoms with van der Waals surface area (Å²) in [5.74, 6) is 0.250. The second kappa shape index (κ2) is 9.46. The zero-order chi connectivity index (χ0) is 24.5. The maximum absolute atomic E-state index is 14.2. The molecular weight excluding hydrogens is 423 g/mol. The fraction of sp³-hybridized carbons (Fsp3) is 0.520. The van der Waals surface area contributed by atoms with Crippen molar-refractivity contribution >= 4 is 19.0 Å². The summed E-state index contributed by atoms with van der Waals surface area (Å²) >= 11 is 0. The summed E-state index contributed by atoms with van der Waals surface area (Å²) in [4.78, 5) is 0. The van der Waals surface area contributed by atoms with Gasteiger partial charge in [-0.05, 0) is 59.1 Å². The largest absolute Gasteiger partial charge is 0.507 e. The number of phenols is 1. The Balaban J connectivity index is 2.97. The van der Waals surface area contributed by atoms with Gasteiger partial charge in [0.2, 0.25) is 0 Å². The van der Waals surface area contributed by atoms with Crippen molar-refractivity contribution in [3.63, 3.8) is 0 Å². The number of anilines is 2. The Morgan fingerprint density at radius 1 is 0.906 bits per heavy atom. The molecule has 2 rings (SSSR count). The van der Waals surface area contributed by atoms with Gasteiger partial charge in [0.05, 0.1) is 13.2 Å². The van der Waals surface area contributed by atoms with Crippen molar-refractivity contribution < 1.29 is 18.7 Å². The van der Waals surface area contributed by atoms with Gasteiger partial charge in [-0.1, -0.05) is 59.7 Å². The van der Waals surface area contributed by atoms with Crippen molar-refractivity contribution in [2.45, 2.75) is 71.9 Å². The van der Waals surface area contributed by atoms with E-state index in [0.717, 1.165) is 16.7 Å². The van der Waals surface area contributed by atoms with E-state index >= 15 is 0 Å². The van der Waals surface area contributed by atoms with Crippen LogP contribution in [0.25, 0.3) is 0 Å². The molecule has 0 fully saturated rings. The average molecular weight is 463 g/mol. The Morgan fingerprint density at radius 3 is 1.75 bits per heavy atom. The summed E-state index contributed by atoms with van der Waals surface area (Å²) in [6, 6.07) is 8.96. The third-order valence-corrected chi connectivity index (χ3v) is 7.85.